The third-order valence-corrected chi connectivity index (χ3v) is 4.02. The minimum atomic E-state index is -0.0451. The molecule has 21 heavy (non-hydrogen) atoms. The number of urea groups is 1. The van der Waals surface area contributed by atoms with E-state index in [-0.39, 0.29) is 11.9 Å². The Labute approximate surface area is 125 Å². The van der Waals surface area contributed by atoms with Gasteiger partial charge in [-0.05, 0) is 38.0 Å². The van der Waals surface area contributed by atoms with Crippen LogP contribution in [0.15, 0.2) is 18.2 Å². The summed E-state index contributed by atoms with van der Waals surface area (Å²) in [5, 5.41) is 2.79. The quantitative estimate of drug-likeness (QED) is 0.902. The number of benzene rings is 1. The van der Waals surface area contributed by atoms with Crippen molar-refractivity contribution in [2.45, 2.75) is 20.8 Å². The number of carbonyl (C=O) groups excluding carboxylic acids is 2. The fourth-order valence-corrected chi connectivity index (χ4v) is 2.53. The van der Waals surface area contributed by atoms with E-state index >= 15 is 0 Å². The number of amides is 3. The predicted octanol–water partition coefficient (Wildman–Crippen LogP) is 1.79. The maximum Gasteiger partial charge on any atom is 0.317 e. The summed E-state index contributed by atoms with van der Waals surface area (Å²) in [5.41, 5.74) is 2.93. The molecule has 0 bridgehead atoms. The number of rotatable bonds is 2. The van der Waals surface area contributed by atoms with E-state index in [0.717, 1.165) is 16.7 Å². The number of hydrogen-bond donors (Lipinski definition) is 1. The second-order valence-corrected chi connectivity index (χ2v) is 5.36. The number of nitrogens with one attached hydrogen (secondary N) is 1. The lowest BCUT2D eigenvalue weighted by Crippen LogP contribution is -2.53. The fraction of sp³-hybridized carbons (Fsp3) is 0.500. The van der Waals surface area contributed by atoms with Crippen molar-refractivity contribution in [2.24, 2.45) is 0 Å². The molecule has 1 aromatic carbocycles. The van der Waals surface area contributed by atoms with Crippen LogP contribution in [-0.2, 0) is 0 Å². The molecule has 0 unspecified atom stereocenters. The lowest BCUT2D eigenvalue weighted by atomic mass is 10.0. The minimum Gasteiger partial charge on any atom is -0.338 e. The van der Waals surface area contributed by atoms with Crippen molar-refractivity contribution in [3.63, 3.8) is 0 Å². The standard InChI is InChI=1S/C16H23N3O2/c1-4-17-16(21)19-10-8-18(9-11-19)15(20)14-7-5-6-12(2)13(14)3/h5-7H,4,8-11H2,1-3H3,(H,17,21). The number of hydrogen-bond acceptors (Lipinski definition) is 2. The van der Waals surface area contributed by atoms with Crippen LogP contribution in [0, 0.1) is 13.8 Å². The van der Waals surface area contributed by atoms with Crippen LogP contribution in [0.5, 0.6) is 0 Å². The molecular weight excluding hydrogens is 266 g/mol. The van der Waals surface area contributed by atoms with Gasteiger partial charge in [-0.2, -0.15) is 0 Å². The summed E-state index contributed by atoms with van der Waals surface area (Å²) in [6.07, 6.45) is 0. The Morgan fingerprint density at radius 1 is 1.10 bits per heavy atom. The van der Waals surface area contributed by atoms with Gasteiger partial charge in [0.1, 0.15) is 0 Å². The van der Waals surface area contributed by atoms with E-state index in [9.17, 15) is 9.59 Å². The molecular formula is C16H23N3O2. The summed E-state index contributed by atoms with van der Waals surface area (Å²) in [5.74, 6) is 0.0618. The van der Waals surface area contributed by atoms with E-state index in [1.165, 1.54) is 0 Å². The minimum absolute atomic E-state index is 0.0451. The molecule has 3 amide bonds. The Morgan fingerprint density at radius 2 is 1.71 bits per heavy atom. The first-order valence-electron chi connectivity index (χ1n) is 7.43. The first kappa shape index (κ1) is 15.4. The van der Waals surface area contributed by atoms with Gasteiger partial charge >= 0.3 is 6.03 Å². The zero-order chi connectivity index (χ0) is 15.4. The Balaban J connectivity index is 2.00. The molecule has 0 aliphatic carbocycles. The van der Waals surface area contributed by atoms with Crippen LogP contribution in [0.4, 0.5) is 4.79 Å². The molecule has 0 atom stereocenters. The SMILES string of the molecule is CCNC(=O)N1CCN(C(=O)c2cccc(C)c2C)CC1. The molecule has 1 aromatic rings. The highest BCUT2D eigenvalue weighted by Crippen LogP contribution is 2.16. The van der Waals surface area contributed by atoms with Gasteiger partial charge in [-0.3, -0.25) is 4.79 Å². The molecule has 5 heteroatoms. The van der Waals surface area contributed by atoms with E-state index in [0.29, 0.717) is 32.7 Å². The zero-order valence-electron chi connectivity index (χ0n) is 13.0. The second-order valence-electron chi connectivity index (χ2n) is 5.36. The van der Waals surface area contributed by atoms with Gasteiger partial charge in [-0.1, -0.05) is 12.1 Å². The first-order chi connectivity index (χ1) is 10.0. The van der Waals surface area contributed by atoms with Crippen LogP contribution < -0.4 is 5.32 Å². The van der Waals surface area contributed by atoms with Crippen LogP contribution in [0.1, 0.15) is 28.4 Å². The van der Waals surface area contributed by atoms with E-state index in [1.807, 2.05) is 43.9 Å². The summed E-state index contributed by atoms with van der Waals surface area (Å²) in [6.45, 7) is 8.86. The Morgan fingerprint density at radius 3 is 2.33 bits per heavy atom. The fourth-order valence-electron chi connectivity index (χ4n) is 2.53. The van der Waals surface area contributed by atoms with Gasteiger partial charge in [0.05, 0.1) is 0 Å². The highest BCUT2D eigenvalue weighted by molar-refractivity contribution is 5.96. The van der Waals surface area contributed by atoms with Crippen molar-refractivity contribution in [1.82, 2.24) is 15.1 Å². The van der Waals surface area contributed by atoms with Crippen molar-refractivity contribution in [1.29, 1.82) is 0 Å². The van der Waals surface area contributed by atoms with Crippen LogP contribution >= 0.6 is 0 Å². The van der Waals surface area contributed by atoms with Gasteiger partial charge in [0.15, 0.2) is 0 Å². The third kappa shape index (κ3) is 3.35. The smallest absolute Gasteiger partial charge is 0.317 e. The molecule has 2 rings (SSSR count). The molecule has 1 heterocycles. The number of nitrogens with zero attached hydrogens (tertiary/aromatic N) is 2. The highest BCUT2D eigenvalue weighted by Gasteiger charge is 2.25. The largest absolute Gasteiger partial charge is 0.338 e. The summed E-state index contributed by atoms with van der Waals surface area (Å²) >= 11 is 0. The lowest BCUT2D eigenvalue weighted by molar-refractivity contribution is 0.0664. The molecule has 114 valence electrons. The van der Waals surface area contributed by atoms with Crippen LogP contribution in [-0.4, -0.2) is 54.5 Å². The van der Waals surface area contributed by atoms with Gasteiger partial charge < -0.3 is 15.1 Å². The monoisotopic (exact) mass is 289 g/mol. The Hall–Kier alpha value is -2.04. The van der Waals surface area contributed by atoms with Gasteiger partial charge in [0.2, 0.25) is 0 Å². The molecule has 0 spiro atoms. The summed E-state index contributed by atoms with van der Waals surface area (Å²) in [6, 6.07) is 5.76. The second kappa shape index (κ2) is 6.61. The number of aryl methyl sites for hydroxylation is 1. The molecule has 1 N–H and O–H groups in total. The van der Waals surface area contributed by atoms with Gasteiger partial charge in [0, 0.05) is 38.3 Å². The van der Waals surface area contributed by atoms with Crippen molar-refractivity contribution in [3.8, 4) is 0 Å². The van der Waals surface area contributed by atoms with Crippen LogP contribution in [0.3, 0.4) is 0 Å². The molecule has 1 aliphatic rings. The summed E-state index contributed by atoms with van der Waals surface area (Å²) in [7, 11) is 0. The third-order valence-electron chi connectivity index (χ3n) is 4.02. The molecule has 0 aromatic heterocycles. The predicted molar refractivity (Wildman–Crippen MR) is 82.5 cm³/mol. The van der Waals surface area contributed by atoms with Gasteiger partial charge in [0.25, 0.3) is 5.91 Å². The van der Waals surface area contributed by atoms with Crippen molar-refractivity contribution < 1.29 is 9.59 Å². The molecule has 5 nitrogen and oxygen atoms in total. The van der Waals surface area contributed by atoms with Gasteiger partial charge in [-0.15, -0.1) is 0 Å². The maximum atomic E-state index is 12.6. The van der Waals surface area contributed by atoms with E-state index in [2.05, 4.69) is 5.32 Å². The van der Waals surface area contributed by atoms with Crippen molar-refractivity contribution >= 4 is 11.9 Å². The number of piperazine rings is 1. The van der Waals surface area contributed by atoms with Crippen LogP contribution in [0.25, 0.3) is 0 Å². The Kier molecular flexibility index (Phi) is 4.83. The van der Waals surface area contributed by atoms with E-state index < -0.39 is 0 Å². The topological polar surface area (TPSA) is 52.7 Å². The maximum absolute atomic E-state index is 12.6. The normalized spacial score (nSPS) is 15.0. The zero-order valence-corrected chi connectivity index (χ0v) is 13.0. The molecule has 1 saturated heterocycles. The number of carbonyl (C=O) groups is 2. The Bertz CT molecular complexity index is 534. The first-order valence-corrected chi connectivity index (χ1v) is 7.43. The highest BCUT2D eigenvalue weighted by atomic mass is 16.2. The summed E-state index contributed by atoms with van der Waals surface area (Å²) < 4.78 is 0. The summed E-state index contributed by atoms with van der Waals surface area (Å²) in [4.78, 5) is 27.9. The average molecular weight is 289 g/mol. The van der Waals surface area contributed by atoms with Crippen molar-refractivity contribution in [3.05, 3.63) is 34.9 Å². The van der Waals surface area contributed by atoms with Crippen molar-refractivity contribution in [2.75, 3.05) is 32.7 Å². The van der Waals surface area contributed by atoms with Crippen LogP contribution in [0.2, 0.25) is 0 Å². The molecule has 0 radical (unpaired) electrons. The molecule has 0 saturated carbocycles. The van der Waals surface area contributed by atoms with E-state index in [4.69, 9.17) is 0 Å². The van der Waals surface area contributed by atoms with E-state index in [1.54, 1.807) is 4.90 Å². The molecule has 1 fully saturated rings. The average Bonchev–Trinajstić information content (AvgIpc) is 2.50. The molecule has 1 aliphatic heterocycles. The lowest BCUT2D eigenvalue weighted by Gasteiger charge is -2.35. The van der Waals surface area contributed by atoms with Gasteiger partial charge in [-0.25, -0.2) is 4.79 Å².